The molecule has 0 aliphatic carbocycles. The number of carbonyl (C=O) groups is 1. The van der Waals surface area contributed by atoms with E-state index in [1.165, 1.54) is 25.1 Å². The SMILES string of the molecule is Cc1noc(-c2cccc(C3=Nc4cc(N(C)C)c(C(F)(F)F)cc4NC(=O)C3)c2)c1C. The summed E-state index contributed by atoms with van der Waals surface area (Å²) in [6.07, 6.45) is -4.65. The Hall–Kier alpha value is -3.62. The van der Waals surface area contributed by atoms with Crippen molar-refractivity contribution in [2.75, 3.05) is 24.3 Å². The molecule has 0 atom stereocenters. The molecule has 3 aromatic rings. The van der Waals surface area contributed by atoms with E-state index in [-0.39, 0.29) is 23.5 Å². The van der Waals surface area contributed by atoms with Crippen molar-refractivity contribution in [1.29, 1.82) is 0 Å². The topological polar surface area (TPSA) is 70.7 Å². The number of anilines is 2. The molecule has 0 saturated heterocycles. The lowest BCUT2D eigenvalue weighted by Gasteiger charge is -2.21. The van der Waals surface area contributed by atoms with Crippen LogP contribution in [0.4, 0.5) is 30.2 Å². The van der Waals surface area contributed by atoms with Gasteiger partial charge in [-0.15, -0.1) is 0 Å². The van der Waals surface area contributed by atoms with Gasteiger partial charge in [0.2, 0.25) is 5.91 Å². The fourth-order valence-electron chi connectivity index (χ4n) is 3.59. The zero-order valence-corrected chi connectivity index (χ0v) is 18.0. The summed E-state index contributed by atoms with van der Waals surface area (Å²) >= 11 is 0. The van der Waals surface area contributed by atoms with Crippen molar-refractivity contribution in [2.24, 2.45) is 4.99 Å². The molecule has 4 rings (SSSR count). The first-order valence-corrected chi connectivity index (χ1v) is 9.88. The molecule has 0 bridgehead atoms. The van der Waals surface area contributed by atoms with Gasteiger partial charge in [-0.2, -0.15) is 13.2 Å². The van der Waals surface area contributed by atoms with Crippen molar-refractivity contribution < 1.29 is 22.5 Å². The third-order valence-electron chi connectivity index (χ3n) is 5.37. The molecule has 0 saturated carbocycles. The minimum absolute atomic E-state index is 0.0285. The Kier molecular flexibility index (Phi) is 5.28. The van der Waals surface area contributed by atoms with E-state index >= 15 is 0 Å². The van der Waals surface area contributed by atoms with Gasteiger partial charge in [0, 0.05) is 25.2 Å². The van der Waals surface area contributed by atoms with Gasteiger partial charge in [0.05, 0.1) is 40.5 Å². The monoisotopic (exact) mass is 442 g/mol. The third kappa shape index (κ3) is 3.98. The summed E-state index contributed by atoms with van der Waals surface area (Å²) in [6, 6.07) is 9.59. The van der Waals surface area contributed by atoms with Gasteiger partial charge in [0.25, 0.3) is 0 Å². The van der Waals surface area contributed by atoms with Crippen LogP contribution in [0.15, 0.2) is 45.9 Å². The number of carbonyl (C=O) groups excluding carboxylic acids is 1. The zero-order valence-electron chi connectivity index (χ0n) is 18.0. The van der Waals surface area contributed by atoms with Crippen LogP contribution >= 0.6 is 0 Å². The number of hydrogen-bond donors (Lipinski definition) is 1. The zero-order chi connectivity index (χ0) is 23.2. The van der Waals surface area contributed by atoms with Crippen molar-refractivity contribution in [1.82, 2.24) is 5.16 Å². The highest BCUT2D eigenvalue weighted by atomic mass is 19.4. The van der Waals surface area contributed by atoms with Crippen LogP contribution in [-0.4, -0.2) is 30.9 Å². The molecule has 0 spiro atoms. The summed E-state index contributed by atoms with van der Waals surface area (Å²) in [4.78, 5) is 18.5. The largest absolute Gasteiger partial charge is 0.418 e. The second-order valence-electron chi connectivity index (χ2n) is 7.87. The molecule has 9 heteroatoms. The van der Waals surface area contributed by atoms with Crippen LogP contribution in [0.3, 0.4) is 0 Å². The maximum Gasteiger partial charge on any atom is 0.418 e. The lowest BCUT2D eigenvalue weighted by molar-refractivity contribution is -0.137. The number of halogens is 3. The van der Waals surface area contributed by atoms with Crippen molar-refractivity contribution >= 4 is 28.7 Å². The van der Waals surface area contributed by atoms with E-state index in [4.69, 9.17) is 4.52 Å². The van der Waals surface area contributed by atoms with Crippen LogP contribution in [0.5, 0.6) is 0 Å². The van der Waals surface area contributed by atoms with Crippen LogP contribution in [0.2, 0.25) is 0 Å². The number of benzene rings is 2. The summed E-state index contributed by atoms with van der Waals surface area (Å²) in [5, 5.41) is 6.54. The molecule has 0 radical (unpaired) electrons. The van der Waals surface area contributed by atoms with Crippen molar-refractivity contribution in [3.05, 3.63) is 58.8 Å². The molecule has 166 valence electrons. The molecule has 0 unspecified atom stereocenters. The highest BCUT2D eigenvalue weighted by Gasteiger charge is 2.36. The predicted molar refractivity (Wildman–Crippen MR) is 117 cm³/mol. The minimum Gasteiger partial charge on any atom is -0.377 e. The molecule has 1 aromatic heterocycles. The summed E-state index contributed by atoms with van der Waals surface area (Å²) in [5.74, 6) is 0.179. The van der Waals surface area contributed by atoms with Gasteiger partial charge in [-0.05, 0) is 37.6 Å². The number of hydrogen-bond acceptors (Lipinski definition) is 5. The fraction of sp³-hybridized carbons (Fsp3) is 0.261. The smallest absolute Gasteiger partial charge is 0.377 e. The van der Waals surface area contributed by atoms with E-state index in [1.54, 1.807) is 6.07 Å². The molecule has 6 nitrogen and oxygen atoms in total. The summed E-state index contributed by atoms with van der Waals surface area (Å²) in [5.41, 5.74) is 3.00. The standard InChI is InChI=1S/C23H21F3N4O2/c1-12-13(2)29-32-22(12)15-7-5-6-14(8-15)17-11-21(31)28-18-9-16(23(24,25)26)20(30(3)4)10-19(18)27-17/h5-10H,11H2,1-4H3,(H,28,31). The number of nitrogens with one attached hydrogen (secondary N) is 1. The van der Waals surface area contributed by atoms with Gasteiger partial charge >= 0.3 is 6.18 Å². The van der Waals surface area contributed by atoms with Crippen LogP contribution < -0.4 is 10.2 Å². The van der Waals surface area contributed by atoms with Crippen molar-refractivity contribution in [3.8, 4) is 11.3 Å². The van der Waals surface area contributed by atoms with E-state index < -0.39 is 17.6 Å². The molecule has 1 amide bonds. The maximum atomic E-state index is 13.6. The Bertz CT molecular complexity index is 1240. The van der Waals surface area contributed by atoms with Crippen molar-refractivity contribution in [2.45, 2.75) is 26.4 Å². The minimum atomic E-state index is -4.57. The second-order valence-corrected chi connectivity index (χ2v) is 7.87. The molecule has 1 aliphatic heterocycles. The molecular formula is C23H21F3N4O2. The predicted octanol–water partition coefficient (Wildman–Crippen LogP) is 5.51. The lowest BCUT2D eigenvalue weighted by Crippen LogP contribution is -2.18. The fourth-order valence-corrected chi connectivity index (χ4v) is 3.59. The number of aryl methyl sites for hydroxylation is 1. The second kappa shape index (κ2) is 7.81. The number of fused-ring (bicyclic) bond motifs is 1. The van der Waals surface area contributed by atoms with E-state index in [0.717, 1.165) is 22.9 Å². The quantitative estimate of drug-likeness (QED) is 0.581. The number of alkyl halides is 3. The van der Waals surface area contributed by atoms with E-state index in [0.29, 0.717) is 17.0 Å². The third-order valence-corrected chi connectivity index (χ3v) is 5.37. The van der Waals surface area contributed by atoms with Crippen LogP contribution in [0, 0.1) is 13.8 Å². The molecule has 2 heterocycles. The number of amides is 1. The van der Waals surface area contributed by atoms with Crippen LogP contribution in [0.25, 0.3) is 11.3 Å². The van der Waals surface area contributed by atoms with Gasteiger partial charge in [-0.3, -0.25) is 9.79 Å². The Morgan fingerprint density at radius 3 is 2.44 bits per heavy atom. The number of rotatable bonds is 3. The molecule has 2 aromatic carbocycles. The first-order chi connectivity index (χ1) is 15.0. The van der Waals surface area contributed by atoms with E-state index in [2.05, 4.69) is 15.5 Å². The average molecular weight is 442 g/mol. The van der Waals surface area contributed by atoms with Gasteiger partial charge in [-0.25, -0.2) is 0 Å². The van der Waals surface area contributed by atoms with E-state index in [1.807, 2.05) is 32.0 Å². The molecule has 1 aliphatic rings. The number of aliphatic imine (C=N–C) groups is 1. The first kappa shape index (κ1) is 21.6. The van der Waals surface area contributed by atoms with Crippen LogP contribution in [-0.2, 0) is 11.0 Å². The Balaban J connectivity index is 1.84. The molecule has 1 N–H and O–H groups in total. The van der Waals surface area contributed by atoms with Gasteiger partial charge in [-0.1, -0.05) is 23.4 Å². The first-order valence-electron chi connectivity index (χ1n) is 9.88. The summed E-state index contributed by atoms with van der Waals surface area (Å²) in [7, 11) is 3.06. The van der Waals surface area contributed by atoms with Gasteiger partial charge in [0.1, 0.15) is 0 Å². The highest BCUT2D eigenvalue weighted by molar-refractivity contribution is 6.17. The average Bonchev–Trinajstić information content (AvgIpc) is 2.96. The molecule has 0 fully saturated rings. The molecular weight excluding hydrogens is 421 g/mol. The molecule has 32 heavy (non-hydrogen) atoms. The Morgan fingerprint density at radius 1 is 1.09 bits per heavy atom. The number of aromatic nitrogens is 1. The summed E-state index contributed by atoms with van der Waals surface area (Å²) < 4.78 is 46.1. The van der Waals surface area contributed by atoms with E-state index in [9.17, 15) is 18.0 Å². The highest BCUT2D eigenvalue weighted by Crippen LogP contribution is 2.43. The van der Waals surface area contributed by atoms with Gasteiger partial charge in [0.15, 0.2) is 5.76 Å². The Labute approximate surface area is 182 Å². The van der Waals surface area contributed by atoms with Crippen LogP contribution in [0.1, 0.15) is 28.8 Å². The summed E-state index contributed by atoms with van der Waals surface area (Å²) in [6.45, 7) is 3.75. The van der Waals surface area contributed by atoms with Gasteiger partial charge < -0.3 is 14.7 Å². The van der Waals surface area contributed by atoms with Crippen molar-refractivity contribution in [3.63, 3.8) is 0 Å². The lowest BCUT2D eigenvalue weighted by atomic mass is 10.0. The number of nitrogens with zero attached hydrogens (tertiary/aromatic N) is 3. The normalized spacial score (nSPS) is 13.8. The Morgan fingerprint density at radius 2 is 1.81 bits per heavy atom. The maximum absolute atomic E-state index is 13.6.